The van der Waals surface area contributed by atoms with Crippen LogP contribution < -0.4 is 4.90 Å². The van der Waals surface area contributed by atoms with E-state index in [0.29, 0.717) is 22.3 Å². The van der Waals surface area contributed by atoms with Crippen LogP contribution in [0.5, 0.6) is 0 Å². The summed E-state index contributed by atoms with van der Waals surface area (Å²) < 4.78 is 40.9. The van der Waals surface area contributed by atoms with Crippen LogP contribution in [-0.2, 0) is 13.2 Å². The van der Waals surface area contributed by atoms with Crippen molar-refractivity contribution in [2.24, 2.45) is 7.05 Å². The topological polar surface area (TPSA) is 81.0 Å². The van der Waals surface area contributed by atoms with E-state index in [1.165, 1.54) is 16.9 Å². The summed E-state index contributed by atoms with van der Waals surface area (Å²) in [6, 6.07) is 7.54. The molecular weight excluding hydrogens is 411 g/mol. The Labute approximate surface area is 172 Å². The van der Waals surface area contributed by atoms with Crippen LogP contribution in [-0.4, -0.2) is 31.6 Å². The van der Waals surface area contributed by atoms with Gasteiger partial charge in [0.05, 0.1) is 27.8 Å². The number of benzene rings is 1. The minimum absolute atomic E-state index is 0.00746. The highest BCUT2D eigenvalue weighted by atomic mass is 19.4. The zero-order valence-corrected chi connectivity index (χ0v) is 15.9. The van der Waals surface area contributed by atoms with Gasteiger partial charge in [-0.25, -0.2) is 14.6 Å². The van der Waals surface area contributed by atoms with Gasteiger partial charge < -0.3 is 0 Å². The van der Waals surface area contributed by atoms with Crippen LogP contribution in [0.25, 0.3) is 22.3 Å². The quantitative estimate of drug-likeness (QED) is 0.458. The normalized spacial score (nSPS) is 13.9. The highest BCUT2D eigenvalue weighted by Crippen LogP contribution is 2.38. The van der Waals surface area contributed by atoms with E-state index in [4.69, 9.17) is 0 Å². The molecule has 0 atom stereocenters. The molecule has 0 radical (unpaired) electrons. The number of pyridine rings is 2. The lowest BCUT2D eigenvalue weighted by atomic mass is 10.0. The number of hydrogen-bond donors (Lipinski definition) is 0. The largest absolute Gasteiger partial charge is 0.416 e. The molecule has 1 aliphatic heterocycles. The van der Waals surface area contributed by atoms with Crippen LogP contribution in [0.15, 0.2) is 55.0 Å². The number of fused-ring (bicyclic) bond motifs is 3. The van der Waals surface area contributed by atoms with Crippen molar-refractivity contribution in [1.82, 2.24) is 19.7 Å². The first-order chi connectivity index (χ1) is 14.8. The molecule has 0 N–H and O–H groups in total. The van der Waals surface area contributed by atoms with E-state index in [-0.39, 0.29) is 16.8 Å². The molecule has 3 aromatic heterocycles. The molecule has 0 spiro atoms. The monoisotopic (exact) mass is 423 g/mol. The molecule has 0 fully saturated rings. The summed E-state index contributed by atoms with van der Waals surface area (Å²) in [7, 11) is 1.65. The Hall–Kier alpha value is -4.08. The van der Waals surface area contributed by atoms with Gasteiger partial charge in [-0.2, -0.15) is 18.3 Å². The molecule has 31 heavy (non-hydrogen) atoms. The molecule has 0 aliphatic carbocycles. The summed E-state index contributed by atoms with van der Waals surface area (Å²) in [5.41, 5.74) is 0.323. The lowest BCUT2D eigenvalue weighted by Gasteiger charge is -2.16. The number of hydrogen-bond acceptors (Lipinski definition) is 5. The van der Waals surface area contributed by atoms with Crippen LogP contribution in [0.1, 0.15) is 26.3 Å². The summed E-state index contributed by atoms with van der Waals surface area (Å²) in [6.45, 7) is 0. The summed E-state index contributed by atoms with van der Waals surface area (Å²) in [5.74, 6) is -1.47. The second-order valence-electron chi connectivity index (χ2n) is 6.95. The minimum Gasteiger partial charge on any atom is -0.268 e. The van der Waals surface area contributed by atoms with E-state index in [2.05, 4.69) is 15.1 Å². The van der Waals surface area contributed by atoms with Gasteiger partial charge >= 0.3 is 6.18 Å². The first kappa shape index (κ1) is 18.9. The van der Waals surface area contributed by atoms with Crippen LogP contribution in [0, 0.1) is 0 Å². The smallest absolute Gasteiger partial charge is 0.268 e. The number of carbonyl (C=O) groups excluding carboxylic acids is 2. The average Bonchev–Trinajstić information content (AvgIpc) is 3.22. The van der Waals surface area contributed by atoms with Crippen molar-refractivity contribution >= 4 is 28.5 Å². The second kappa shape index (κ2) is 6.46. The highest BCUT2D eigenvalue weighted by molar-refractivity contribution is 6.38. The van der Waals surface area contributed by atoms with Gasteiger partial charge in [0.1, 0.15) is 5.69 Å². The summed E-state index contributed by atoms with van der Waals surface area (Å²) in [6.07, 6.45) is -0.213. The number of carbonyl (C=O) groups is 2. The molecule has 1 aliphatic rings. The molecule has 154 valence electrons. The average molecular weight is 423 g/mol. The Morgan fingerprint density at radius 2 is 1.81 bits per heavy atom. The van der Waals surface area contributed by atoms with Crippen LogP contribution in [0.3, 0.4) is 0 Å². The molecule has 0 saturated heterocycles. The van der Waals surface area contributed by atoms with Crippen molar-refractivity contribution in [3.05, 3.63) is 71.7 Å². The van der Waals surface area contributed by atoms with Gasteiger partial charge in [-0.3, -0.25) is 14.6 Å². The molecule has 0 unspecified atom stereocenters. The standard InChI is InChI=1S/C21H12F3N5O2/c1-28-18-16(17(27-28)11-4-3-7-25-9-11)15-14(10-26-18)19(30)29(20(15)31)13-6-2-5-12(8-13)21(22,23)24/h2-10H,1H3. The second-order valence-corrected chi connectivity index (χ2v) is 6.95. The van der Waals surface area contributed by atoms with Gasteiger partial charge in [-0.1, -0.05) is 6.07 Å². The maximum atomic E-state index is 13.3. The predicted molar refractivity (Wildman–Crippen MR) is 104 cm³/mol. The third kappa shape index (κ3) is 2.79. The molecule has 0 saturated carbocycles. The molecule has 0 bridgehead atoms. The van der Waals surface area contributed by atoms with Crippen LogP contribution in [0.2, 0.25) is 0 Å². The molecule has 4 heterocycles. The zero-order valence-electron chi connectivity index (χ0n) is 15.9. The summed E-state index contributed by atoms with van der Waals surface area (Å²) >= 11 is 0. The summed E-state index contributed by atoms with van der Waals surface area (Å²) in [5, 5.41) is 4.77. The summed E-state index contributed by atoms with van der Waals surface area (Å²) in [4.78, 5) is 35.4. The van der Waals surface area contributed by atoms with Crippen LogP contribution in [0.4, 0.5) is 18.9 Å². The first-order valence-electron chi connectivity index (χ1n) is 9.09. The Kier molecular flexibility index (Phi) is 3.94. The molecule has 5 rings (SSSR count). The predicted octanol–water partition coefficient (Wildman–Crippen LogP) is 3.85. The molecular formula is C21H12F3N5O2. The van der Waals surface area contributed by atoms with Gasteiger partial charge in [0.25, 0.3) is 11.8 Å². The fourth-order valence-corrected chi connectivity index (χ4v) is 3.69. The number of aryl methyl sites for hydroxylation is 1. The number of rotatable bonds is 2. The molecule has 4 aromatic rings. The van der Waals surface area contributed by atoms with Crippen LogP contribution >= 0.6 is 0 Å². The fourth-order valence-electron chi connectivity index (χ4n) is 3.69. The van der Waals surface area contributed by atoms with E-state index in [0.717, 1.165) is 23.1 Å². The number of aromatic nitrogens is 4. The van der Waals surface area contributed by atoms with Gasteiger partial charge in [0.15, 0.2) is 5.65 Å². The number of halogens is 3. The number of nitrogens with zero attached hydrogens (tertiary/aromatic N) is 5. The number of amides is 2. The van der Waals surface area contributed by atoms with Gasteiger partial charge in [-0.15, -0.1) is 0 Å². The zero-order chi connectivity index (χ0) is 21.9. The van der Waals surface area contributed by atoms with Gasteiger partial charge in [0, 0.05) is 31.2 Å². The van der Waals surface area contributed by atoms with E-state index in [1.807, 2.05) is 0 Å². The van der Waals surface area contributed by atoms with E-state index in [9.17, 15) is 22.8 Å². The van der Waals surface area contributed by atoms with E-state index >= 15 is 0 Å². The maximum absolute atomic E-state index is 13.3. The van der Waals surface area contributed by atoms with Gasteiger partial charge in [-0.05, 0) is 30.3 Å². The van der Waals surface area contributed by atoms with Crippen molar-refractivity contribution in [3.63, 3.8) is 0 Å². The van der Waals surface area contributed by atoms with Crippen molar-refractivity contribution in [2.75, 3.05) is 4.90 Å². The molecule has 7 nitrogen and oxygen atoms in total. The Balaban J connectivity index is 1.72. The van der Waals surface area contributed by atoms with Crippen molar-refractivity contribution in [1.29, 1.82) is 0 Å². The first-order valence-corrected chi connectivity index (χ1v) is 9.09. The molecule has 2 amide bonds. The number of anilines is 1. The lowest BCUT2D eigenvalue weighted by molar-refractivity contribution is -0.137. The third-order valence-electron chi connectivity index (χ3n) is 5.07. The molecule has 10 heteroatoms. The molecule has 1 aromatic carbocycles. The maximum Gasteiger partial charge on any atom is 0.416 e. The Morgan fingerprint density at radius 3 is 2.52 bits per heavy atom. The number of imide groups is 1. The Morgan fingerprint density at radius 1 is 1.00 bits per heavy atom. The van der Waals surface area contributed by atoms with Crippen molar-refractivity contribution < 1.29 is 22.8 Å². The van der Waals surface area contributed by atoms with Crippen molar-refractivity contribution in [3.8, 4) is 11.3 Å². The SMILES string of the molecule is Cn1nc(-c2cccnc2)c2c3c(cnc21)C(=O)N(c1cccc(C(F)(F)F)c1)C3=O. The number of alkyl halides is 3. The van der Waals surface area contributed by atoms with E-state index in [1.54, 1.807) is 31.6 Å². The fraction of sp³-hybridized carbons (Fsp3) is 0.0952. The Bertz CT molecular complexity index is 1380. The van der Waals surface area contributed by atoms with Crippen molar-refractivity contribution in [2.45, 2.75) is 6.18 Å². The third-order valence-corrected chi connectivity index (χ3v) is 5.07. The van der Waals surface area contributed by atoms with Gasteiger partial charge in [0.2, 0.25) is 0 Å². The van der Waals surface area contributed by atoms with E-state index < -0.39 is 23.6 Å². The minimum atomic E-state index is -4.61. The highest BCUT2D eigenvalue weighted by Gasteiger charge is 2.41. The lowest BCUT2D eigenvalue weighted by Crippen LogP contribution is -2.29.